The first-order valence-electron chi connectivity index (χ1n) is 9.13. The fourth-order valence-electron chi connectivity index (χ4n) is 3.28. The zero-order valence-electron chi connectivity index (χ0n) is 16.0. The Morgan fingerprint density at radius 3 is 2.39 bits per heavy atom. The van der Waals surface area contributed by atoms with Crippen molar-refractivity contribution in [2.75, 3.05) is 13.7 Å². The number of hydrogen-bond acceptors (Lipinski definition) is 5. The van der Waals surface area contributed by atoms with Crippen LogP contribution >= 0.6 is 0 Å². The van der Waals surface area contributed by atoms with Crippen molar-refractivity contribution in [1.82, 2.24) is 4.90 Å². The maximum Gasteiger partial charge on any atom is 0.328 e. The van der Waals surface area contributed by atoms with Crippen LogP contribution in [0.4, 0.5) is 0 Å². The first-order chi connectivity index (χ1) is 13.5. The third-order valence-electron chi connectivity index (χ3n) is 4.87. The number of carbonyl (C=O) groups excluding carboxylic acids is 3. The fourth-order valence-corrected chi connectivity index (χ4v) is 3.28. The van der Waals surface area contributed by atoms with Crippen LogP contribution in [0.2, 0.25) is 0 Å². The molecular weight excluding hydrogens is 358 g/mol. The summed E-state index contributed by atoms with van der Waals surface area (Å²) in [6.45, 7) is 1.85. The normalized spacial score (nSPS) is 15.5. The van der Waals surface area contributed by atoms with E-state index in [1.54, 1.807) is 0 Å². The van der Waals surface area contributed by atoms with E-state index in [1.165, 1.54) is 12.0 Å². The van der Waals surface area contributed by atoms with Crippen molar-refractivity contribution >= 4 is 17.8 Å². The Labute approximate surface area is 164 Å². The van der Waals surface area contributed by atoms with E-state index < -0.39 is 30.5 Å². The van der Waals surface area contributed by atoms with Gasteiger partial charge in [0.1, 0.15) is 6.04 Å². The molecule has 6 nitrogen and oxygen atoms in total. The number of rotatable bonds is 5. The molecule has 0 saturated carbocycles. The van der Waals surface area contributed by atoms with Crippen molar-refractivity contribution in [3.8, 4) is 0 Å². The molecule has 0 spiro atoms. The standard InChI is InChI=1S/C22H23NO5/c1-15-7-9-16(10-8-15)11-21(25)28-14-20(24)23-13-18-6-4-3-5-17(18)12-19(23)22(26)27-2/h3-10,19H,11-14H2,1-2H3/t19-/m1/s1. The quantitative estimate of drug-likeness (QED) is 0.743. The summed E-state index contributed by atoms with van der Waals surface area (Å²) in [4.78, 5) is 38.3. The SMILES string of the molecule is COC(=O)[C@H]1Cc2ccccc2CN1C(=O)COC(=O)Cc1ccc(C)cc1. The Morgan fingerprint density at radius 2 is 1.71 bits per heavy atom. The monoisotopic (exact) mass is 381 g/mol. The third-order valence-corrected chi connectivity index (χ3v) is 4.87. The summed E-state index contributed by atoms with van der Waals surface area (Å²) in [6, 6.07) is 14.5. The molecule has 6 heteroatoms. The summed E-state index contributed by atoms with van der Waals surface area (Å²) in [7, 11) is 1.30. The number of nitrogens with zero attached hydrogens (tertiary/aromatic N) is 1. The second-order valence-corrected chi connectivity index (χ2v) is 6.86. The maximum absolute atomic E-state index is 12.7. The molecule has 0 aromatic heterocycles. The molecule has 28 heavy (non-hydrogen) atoms. The van der Waals surface area contributed by atoms with Crippen molar-refractivity contribution in [2.24, 2.45) is 0 Å². The van der Waals surface area contributed by atoms with Gasteiger partial charge in [-0.2, -0.15) is 0 Å². The third kappa shape index (κ3) is 4.57. The average Bonchev–Trinajstić information content (AvgIpc) is 2.72. The maximum atomic E-state index is 12.7. The lowest BCUT2D eigenvalue weighted by Gasteiger charge is -2.35. The number of esters is 2. The summed E-state index contributed by atoms with van der Waals surface area (Å²) >= 11 is 0. The lowest BCUT2D eigenvalue weighted by molar-refractivity contribution is -0.159. The van der Waals surface area contributed by atoms with Gasteiger partial charge in [0.25, 0.3) is 5.91 Å². The molecule has 0 fully saturated rings. The van der Waals surface area contributed by atoms with Crippen LogP contribution in [0.3, 0.4) is 0 Å². The van der Waals surface area contributed by atoms with Crippen molar-refractivity contribution in [1.29, 1.82) is 0 Å². The number of amides is 1. The summed E-state index contributed by atoms with van der Waals surface area (Å²) in [5.41, 5.74) is 3.91. The van der Waals surface area contributed by atoms with Gasteiger partial charge in [0.2, 0.25) is 0 Å². The van der Waals surface area contributed by atoms with E-state index in [0.29, 0.717) is 6.42 Å². The van der Waals surface area contributed by atoms with Gasteiger partial charge in [-0.3, -0.25) is 9.59 Å². The molecule has 146 valence electrons. The van der Waals surface area contributed by atoms with Crippen LogP contribution in [-0.4, -0.2) is 42.5 Å². The molecule has 1 heterocycles. The van der Waals surface area contributed by atoms with Crippen LogP contribution in [0.25, 0.3) is 0 Å². The Morgan fingerprint density at radius 1 is 1.04 bits per heavy atom. The molecule has 3 rings (SSSR count). The van der Waals surface area contributed by atoms with Gasteiger partial charge < -0.3 is 14.4 Å². The highest BCUT2D eigenvalue weighted by atomic mass is 16.5. The summed E-state index contributed by atoms with van der Waals surface area (Å²) in [5, 5.41) is 0. The van der Waals surface area contributed by atoms with Gasteiger partial charge in [0.15, 0.2) is 6.61 Å². The predicted octanol–water partition coefficient (Wildman–Crippen LogP) is 2.21. The van der Waals surface area contributed by atoms with E-state index in [4.69, 9.17) is 9.47 Å². The van der Waals surface area contributed by atoms with Gasteiger partial charge in [-0.05, 0) is 23.6 Å². The van der Waals surface area contributed by atoms with Crippen LogP contribution in [0.15, 0.2) is 48.5 Å². The largest absolute Gasteiger partial charge is 0.467 e. The molecule has 2 aromatic carbocycles. The predicted molar refractivity (Wildman–Crippen MR) is 102 cm³/mol. The molecular formula is C22H23NO5. The fraction of sp³-hybridized carbons (Fsp3) is 0.318. The van der Waals surface area contributed by atoms with E-state index in [2.05, 4.69) is 0 Å². The Hall–Kier alpha value is -3.15. The molecule has 1 aliphatic rings. The number of methoxy groups -OCH3 is 1. The van der Waals surface area contributed by atoms with Gasteiger partial charge >= 0.3 is 11.9 Å². The minimum atomic E-state index is -0.719. The number of fused-ring (bicyclic) bond motifs is 1. The highest BCUT2D eigenvalue weighted by Crippen LogP contribution is 2.24. The van der Waals surface area contributed by atoms with Crippen LogP contribution in [0, 0.1) is 6.92 Å². The highest BCUT2D eigenvalue weighted by Gasteiger charge is 2.35. The Balaban J connectivity index is 1.63. The van der Waals surface area contributed by atoms with Crippen molar-refractivity contribution in [3.05, 3.63) is 70.8 Å². The zero-order valence-corrected chi connectivity index (χ0v) is 16.0. The topological polar surface area (TPSA) is 72.9 Å². The van der Waals surface area contributed by atoms with Crippen molar-refractivity contribution < 1.29 is 23.9 Å². The minimum absolute atomic E-state index is 0.0941. The first-order valence-corrected chi connectivity index (χ1v) is 9.13. The van der Waals surface area contributed by atoms with E-state index in [-0.39, 0.29) is 13.0 Å². The molecule has 0 unspecified atom stereocenters. The number of hydrogen-bond donors (Lipinski definition) is 0. The first kappa shape index (κ1) is 19.6. The van der Waals surface area contributed by atoms with Gasteiger partial charge in [0, 0.05) is 13.0 Å². The lowest BCUT2D eigenvalue weighted by Crippen LogP contribution is -2.50. The smallest absolute Gasteiger partial charge is 0.328 e. The van der Waals surface area contributed by atoms with Gasteiger partial charge in [0.05, 0.1) is 13.5 Å². The number of benzene rings is 2. The number of ether oxygens (including phenoxy) is 2. The van der Waals surface area contributed by atoms with E-state index in [0.717, 1.165) is 22.3 Å². The molecule has 1 aliphatic heterocycles. The Kier molecular flexibility index (Phi) is 6.09. The Bertz CT molecular complexity index is 875. The second kappa shape index (κ2) is 8.69. The zero-order chi connectivity index (χ0) is 20.1. The van der Waals surface area contributed by atoms with Crippen LogP contribution < -0.4 is 0 Å². The molecule has 1 atom stereocenters. The molecule has 0 aliphatic carbocycles. The molecule has 0 saturated heterocycles. The van der Waals surface area contributed by atoms with Crippen molar-refractivity contribution in [3.63, 3.8) is 0 Å². The van der Waals surface area contributed by atoms with E-state index >= 15 is 0 Å². The number of aryl methyl sites for hydroxylation is 1. The summed E-state index contributed by atoms with van der Waals surface area (Å²) in [6.07, 6.45) is 0.475. The summed E-state index contributed by atoms with van der Waals surface area (Å²) < 4.78 is 10.0. The van der Waals surface area contributed by atoms with E-state index in [1.807, 2.05) is 55.5 Å². The minimum Gasteiger partial charge on any atom is -0.467 e. The van der Waals surface area contributed by atoms with Crippen LogP contribution in [-0.2, 0) is 43.2 Å². The molecule has 1 amide bonds. The molecule has 0 radical (unpaired) electrons. The lowest BCUT2D eigenvalue weighted by atomic mass is 9.94. The number of carbonyl (C=O) groups is 3. The molecule has 2 aromatic rings. The average molecular weight is 381 g/mol. The second-order valence-electron chi connectivity index (χ2n) is 6.86. The van der Waals surface area contributed by atoms with E-state index in [9.17, 15) is 14.4 Å². The van der Waals surface area contributed by atoms with Gasteiger partial charge in [-0.15, -0.1) is 0 Å². The molecule has 0 N–H and O–H groups in total. The molecule has 0 bridgehead atoms. The van der Waals surface area contributed by atoms with Gasteiger partial charge in [-0.1, -0.05) is 54.1 Å². The van der Waals surface area contributed by atoms with Gasteiger partial charge in [-0.25, -0.2) is 4.79 Å². The van der Waals surface area contributed by atoms with Crippen LogP contribution in [0.1, 0.15) is 22.3 Å². The van der Waals surface area contributed by atoms with Crippen LogP contribution in [0.5, 0.6) is 0 Å². The summed E-state index contributed by atoms with van der Waals surface area (Å²) in [5.74, 6) is -1.37. The highest BCUT2D eigenvalue weighted by molar-refractivity contribution is 5.87. The van der Waals surface area contributed by atoms with Crippen molar-refractivity contribution in [2.45, 2.75) is 32.4 Å².